The first-order valence-electron chi connectivity index (χ1n) is 6.71. The van der Waals surface area contributed by atoms with E-state index < -0.39 is 0 Å². The summed E-state index contributed by atoms with van der Waals surface area (Å²) in [5.41, 5.74) is 1.01. The largest absolute Gasteiger partial charge is 0.454 e. The average Bonchev–Trinajstić information content (AvgIpc) is 3.13. The van der Waals surface area contributed by atoms with Crippen LogP contribution in [0.1, 0.15) is 18.9 Å². The van der Waals surface area contributed by atoms with Crippen molar-refractivity contribution >= 4 is 11.9 Å². The minimum Gasteiger partial charge on any atom is -0.454 e. The minimum absolute atomic E-state index is 0.150. The van der Waals surface area contributed by atoms with E-state index in [9.17, 15) is 4.79 Å². The van der Waals surface area contributed by atoms with Gasteiger partial charge >= 0.3 is 0 Å². The molecule has 0 saturated carbocycles. The van der Waals surface area contributed by atoms with Gasteiger partial charge in [0.05, 0.1) is 6.54 Å². The minimum atomic E-state index is -0.150. The van der Waals surface area contributed by atoms with E-state index in [2.05, 4.69) is 20.7 Å². The molecule has 0 unspecified atom stereocenters. The highest BCUT2D eigenvalue weighted by Gasteiger charge is 2.14. The number of rotatable bonds is 5. The van der Waals surface area contributed by atoms with Crippen LogP contribution < -0.4 is 14.8 Å². The molecule has 1 aliphatic rings. The molecule has 1 amide bonds. The Bertz CT molecular complexity index is 655. The second kappa shape index (κ2) is 5.78. The molecule has 1 N–H and O–H groups in total. The number of nitrogens with zero attached hydrogens (tertiary/aromatic N) is 4. The quantitative estimate of drug-likeness (QED) is 0.882. The van der Waals surface area contributed by atoms with E-state index in [-0.39, 0.29) is 18.6 Å². The fraction of sp³-hybridized carbons (Fsp3) is 0.385. The molecule has 0 aliphatic carbocycles. The maximum Gasteiger partial charge on any atom is 0.270 e. The topological polar surface area (TPSA) is 91.2 Å². The third kappa shape index (κ3) is 3.10. The predicted octanol–water partition coefficient (Wildman–Crippen LogP) is 0.993. The molecule has 1 aliphatic heterocycles. The van der Waals surface area contributed by atoms with Crippen molar-refractivity contribution < 1.29 is 14.3 Å². The fourth-order valence-electron chi connectivity index (χ4n) is 1.97. The Labute approximate surface area is 121 Å². The summed E-state index contributed by atoms with van der Waals surface area (Å²) >= 11 is 0. The first kappa shape index (κ1) is 13.3. The third-order valence-corrected chi connectivity index (χ3v) is 3.06. The zero-order valence-corrected chi connectivity index (χ0v) is 11.6. The van der Waals surface area contributed by atoms with Gasteiger partial charge in [0.25, 0.3) is 5.95 Å². The lowest BCUT2D eigenvalue weighted by atomic mass is 10.1. The number of benzene rings is 1. The molecule has 0 bridgehead atoms. The third-order valence-electron chi connectivity index (χ3n) is 3.06. The highest BCUT2D eigenvalue weighted by molar-refractivity contribution is 5.88. The van der Waals surface area contributed by atoms with Crippen molar-refractivity contribution in [1.29, 1.82) is 0 Å². The van der Waals surface area contributed by atoms with Crippen LogP contribution in [0.5, 0.6) is 11.5 Å². The number of amides is 1. The Morgan fingerprint density at radius 2 is 2.24 bits per heavy atom. The number of tetrazole rings is 1. The van der Waals surface area contributed by atoms with Crippen LogP contribution in [0.2, 0.25) is 0 Å². The Balaban J connectivity index is 1.53. The lowest BCUT2D eigenvalue weighted by molar-refractivity contribution is -0.116. The Hall–Kier alpha value is -2.64. The highest BCUT2D eigenvalue weighted by atomic mass is 16.7. The molecular formula is C13H15N5O3. The van der Waals surface area contributed by atoms with E-state index >= 15 is 0 Å². The second-order valence-electron chi connectivity index (χ2n) is 4.54. The van der Waals surface area contributed by atoms with Crippen LogP contribution in [0.4, 0.5) is 5.95 Å². The molecule has 1 aromatic carbocycles. The zero-order valence-electron chi connectivity index (χ0n) is 11.6. The number of fused-ring (bicyclic) bond motifs is 1. The second-order valence-corrected chi connectivity index (χ2v) is 4.54. The van der Waals surface area contributed by atoms with E-state index in [1.54, 1.807) is 0 Å². The smallest absolute Gasteiger partial charge is 0.270 e. The monoisotopic (exact) mass is 289 g/mol. The molecule has 0 spiro atoms. The van der Waals surface area contributed by atoms with Gasteiger partial charge in [0.15, 0.2) is 11.5 Å². The summed E-state index contributed by atoms with van der Waals surface area (Å²) in [4.78, 5) is 13.2. The lowest BCUT2D eigenvalue weighted by Gasteiger charge is -2.03. The molecular weight excluding hydrogens is 274 g/mol. The molecule has 0 radical (unpaired) electrons. The number of hydrogen-bond acceptors (Lipinski definition) is 6. The number of nitrogens with one attached hydrogen (secondary N) is 1. The van der Waals surface area contributed by atoms with Gasteiger partial charge in [-0.3, -0.25) is 10.1 Å². The van der Waals surface area contributed by atoms with Crippen molar-refractivity contribution in [3.63, 3.8) is 0 Å². The molecule has 8 nitrogen and oxygen atoms in total. The Morgan fingerprint density at radius 3 is 3.05 bits per heavy atom. The molecule has 3 rings (SSSR count). The van der Waals surface area contributed by atoms with Crippen LogP contribution in [-0.4, -0.2) is 32.9 Å². The number of ether oxygens (including phenoxy) is 2. The Kier molecular flexibility index (Phi) is 3.67. The van der Waals surface area contributed by atoms with E-state index in [0.717, 1.165) is 17.1 Å². The molecule has 1 aromatic heterocycles. The number of anilines is 1. The van der Waals surface area contributed by atoms with Gasteiger partial charge in [-0.05, 0) is 36.3 Å². The van der Waals surface area contributed by atoms with E-state index in [1.165, 1.54) is 4.80 Å². The van der Waals surface area contributed by atoms with Crippen molar-refractivity contribution in [3.05, 3.63) is 23.8 Å². The van der Waals surface area contributed by atoms with Gasteiger partial charge in [-0.15, -0.1) is 5.10 Å². The van der Waals surface area contributed by atoms with Crippen molar-refractivity contribution in [2.75, 3.05) is 12.1 Å². The van der Waals surface area contributed by atoms with Crippen molar-refractivity contribution in [3.8, 4) is 11.5 Å². The van der Waals surface area contributed by atoms with Crippen LogP contribution >= 0.6 is 0 Å². The van der Waals surface area contributed by atoms with Gasteiger partial charge in [-0.1, -0.05) is 11.2 Å². The summed E-state index contributed by atoms with van der Waals surface area (Å²) < 4.78 is 10.5. The van der Waals surface area contributed by atoms with Gasteiger partial charge in [0, 0.05) is 6.42 Å². The maximum absolute atomic E-state index is 11.8. The molecule has 0 atom stereocenters. The number of carbonyl (C=O) groups excluding carboxylic acids is 1. The van der Waals surface area contributed by atoms with E-state index in [0.29, 0.717) is 19.4 Å². The molecule has 2 heterocycles. The number of aryl methyl sites for hydroxylation is 2. The van der Waals surface area contributed by atoms with E-state index in [1.807, 2.05) is 25.1 Å². The first-order chi connectivity index (χ1) is 10.2. The summed E-state index contributed by atoms with van der Waals surface area (Å²) in [7, 11) is 0. The molecule has 0 fully saturated rings. The number of aromatic nitrogens is 4. The average molecular weight is 289 g/mol. The van der Waals surface area contributed by atoms with Crippen LogP contribution in [0, 0.1) is 0 Å². The molecule has 8 heteroatoms. The first-order valence-corrected chi connectivity index (χ1v) is 6.71. The number of hydrogen-bond donors (Lipinski definition) is 1. The van der Waals surface area contributed by atoms with Crippen molar-refractivity contribution in [1.82, 2.24) is 20.2 Å². The Morgan fingerprint density at radius 1 is 1.38 bits per heavy atom. The SMILES string of the molecule is CCn1nnc(NC(=O)CCc2ccc3c(c2)OCO3)n1. The van der Waals surface area contributed by atoms with E-state index in [4.69, 9.17) is 9.47 Å². The summed E-state index contributed by atoms with van der Waals surface area (Å²) in [5, 5.41) is 14.1. The van der Waals surface area contributed by atoms with Crippen LogP contribution in [-0.2, 0) is 17.8 Å². The van der Waals surface area contributed by atoms with Gasteiger partial charge in [-0.25, -0.2) is 0 Å². The zero-order chi connectivity index (χ0) is 14.7. The maximum atomic E-state index is 11.8. The lowest BCUT2D eigenvalue weighted by Crippen LogP contribution is -2.13. The van der Waals surface area contributed by atoms with Gasteiger partial charge in [-0.2, -0.15) is 4.80 Å². The molecule has 0 saturated heterocycles. The highest BCUT2D eigenvalue weighted by Crippen LogP contribution is 2.32. The fourth-order valence-corrected chi connectivity index (χ4v) is 1.97. The summed E-state index contributed by atoms with van der Waals surface area (Å²) in [5.74, 6) is 1.54. The number of carbonyl (C=O) groups is 1. The van der Waals surface area contributed by atoms with Crippen LogP contribution in [0.3, 0.4) is 0 Å². The summed E-state index contributed by atoms with van der Waals surface area (Å²) in [6, 6.07) is 5.66. The van der Waals surface area contributed by atoms with Gasteiger partial charge < -0.3 is 9.47 Å². The molecule has 2 aromatic rings. The van der Waals surface area contributed by atoms with Gasteiger partial charge in [0.1, 0.15) is 0 Å². The summed E-state index contributed by atoms with van der Waals surface area (Å²) in [6.45, 7) is 2.75. The van der Waals surface area contributed by atoms with Crippen molar-refractivity contribution in [2.24, 2.45) is 0 Å². The predicted molar refractivity (Wildman–Crippen MR) is 73.0 cm³/mol. The summed E-state index contributed by atoms with van der Waals surface area (Å²) in [6.07, 6.45) is 0.935. The molecule has 110 valence electrons. The van der Waals surface area contributed by atoms with Crippen LogP contribution in [0.15, 0.2) is 18.2 Å². The van der Waals surface area contributed by atoms with Gasteiger partial charge in [0.2, 0.25) is 12.7 Å². The normalized spacial score (nSPS) is 12.4. The van der Waals surface area contributed by atoms with Crippen LogP contribution in [0.25, 0.3) is 0 Å². The van der Waals surface area contributed by atoms with Crippen molar-refractivity contribution in [2.45, 2.75) is 26.3 Å². The molecule has 21 heavy (non-hydrogen) atoms. The standard InChI is InChI=1S/C13H15N5O3/c1-2-18-16-13(15-17-18)14-12(19)6-4-9-3-5-10-11(7-9)21-8-20-10/h3,5,7H,2,4,6,8H2,1H3,(H,14,16,19).